The van der Waals surface area contributed by atoms with Crippen LogP contribution in [0.5, 0.6) is 0 Å². The van der Waals surface area contributed by atoms with Crippen LogP contribution in [-0.4, -0.2) is 18.2 Å². The van der Waals surface area contributed by atoms with E-state index in [1.165, 1.54) is 5.69 Å². The van der Waals surface area contributed by atoms with Crippen LogP contribution in [0.1, 0.15) is 13.8 Å². The third kappa shape index (κ3) is 4.36. The van der Waals surface area contributed by atoms with Crippen LogP contribution >= 0.6 is 23.8 Å². The van der Waals surface area contributed by atoms with Crippen LogP contribution < -0.4 is 15.5 Å². The van der Waals surface area contributed by atoms with Crippen LogP contribution in [0.2, 0.25) is 5.02 Å². The van der Waals surface area contributed by atoms with Crippen molar-refractivity contribution in [2.24, 2.45) is 0 Å². The normalized spacial score (nSPS) is 10.1. The molecule has 0 bridgehead atoms. The van der Waals surface area contributed by atoms with Crippen molar-refractivity contribution in [2.75, 3.05) is 28.6 Å². The molecule has 0 amide bonds. The molecule has 0 atom stereocenters. The van der Waals surface area contributed by atoms with Gasteiger partial charge < -0.3 is 15.5 Å². The standard InChI is InChI=1S/C17H20ClN3S/c1-3-21(4-2)14-11-9-13(10-12-14)19-17(22)20-16-8-6-5-7-15(16)18/h5-12H,3-4H2,1-2H3,(H2,19,20,22). The Kier molecular flexibility index (Phi) is 6.04. The Labute approximate surface area is 142 Å². The number of benzene rings is 2. The smallest absolute Gasteiger partial charge is 0.175 e. The molecule has 0 fully saturated rings. The van der Waals surface area contributed by atoms with Gasteiger partial charge in [0.15, 0.2) is 5.11 Å². The molecule has 0 saturated heterocycles. The Bertz CT molecular complexity index is 624. The Morgan fingerprint density at radius 1 is 1.00 bits per heavy atom. The summed E-state index contributed by atoms with van der Waals surface area (Å²) in [7, 11) is 0. The van der Waals surface area contributed by atoms with Crippen LogP contribution in [0, 0.1) is 0 Å². The van der Waals surface area contributed by atoms with Gasteiger partial charge in [-0.15, -0.1) is 0 Å². The van der Waals surface area contributed by atoms with Crippen LogP contribution in [-0.2, 0) is 0 Å². The Morgan fingerprint density at radius 2 is 1.64 bits per heavy atom. The summed E-state index contributed by atoms with van der Waals surface area (Å²) in [6.45, 7) is 6.29. The number of para-hydroxylation sites is 1. The van der Waals surface area contributed by atoms with Crippen molar-refractivity contribution >= 4 is 46.0 Å². The van der Waals surface area contributed by atoms with Crippen molar-refractivity contribution in [1.82, 2.24) is 0 Å². The fourth-order valence-electron chi connectivity index (χ4n) is 2.19. The first-order chi connectivity index (χ1) is 10.6. The molecule has 3 nitrogen and oxygen atoms in total. The maximum Gasteiger partial charge on any atom is 0.175 e. The van der Waals surface area contributed by atoms with E-state index < -0.39 is 0 Å². The number of hydrogen-bond acceptors (Lipinski definition) is 2. The first kappa shape index (κ1) is 16.6. The molecule has 0 aliphatic heterocycles. The molecular weight excluding hydrogens is 314 g/mol. The third-order valence-electron chi connectivity index (χ3n) is 3.38. The Morgan fingerprint density at radius 3 is 2.23 bits per heavy atom. The summed E-state index contributed by atoms with van der Waals surface area (Å²) >= 11 is 11.4. The van der Waals surface area contributed by atoms with E-state index in [1.54, 1.807) is 0 Å². The monoisotopic (exact) mass is 333 g/mol. The highest BCUT2D eigenvalue weighted by molar-refractivity contribution is 7.80. The van der Waals surface area contributed by atoms with Crippen molar-refractivity contribution in [3.05, 3.63) is 53.6 Å². The topological polar surface area (TPSA) is 27.3 Å². The summed E-state index contributed by atoms with van der Waals surface area (Å²) in [4.78, 5) is 2.30. The molecular formula is C17H20ClN3S. The minimum Gasteiger partial charge on any atom is -0.372 e. The van der Waals surface area contributed by atoms with Gasteiger partial charge in [0.2, 0.25) is 0 Å². The van der Waals surface area contributed by atoms with Gasteiger partial charge >= 0.3 is 0 Å². The van der Waals surface area contributed by atoms with Crippen molar-refractivity contribution in [3.63, 3.8) is 0 Å². The lowest BCUT2D eigenvalue weighted by Gasteiger charge is -2.21. The fraction of sp³-hybridized carbons (Fsp3) is 0.235. The lowest BCUT2D eigenvalue weighted by Crippen LogP contribution is -2.22. The number of thiocarbonyl (C=S) groups is 1. The van der Waals surface area contributed by atoms with Crippen LogP contribution in [0.4, 0.5) is 17.1 Å². The van der Waals surface area contributed by atoms with E-state index in [9.17, 15) is 0 Å². The first-order valence-electron chi connectivity index (χ1n) is 7.31. The van der Waals surface area contributed by atoms with E-state index in [-0.39, 0.29) is 0 Å². The zero-order chi connectivity index (χ0) is 15.9. The Hall–Kier alpha value is -1.78. The van der Waals surface area contributed by atoms with Crippen LogP contribution in [0.15, 0.2) is 48.5 Å². The van der Waals surface area contributed by atoms with E-state index in [1.807, 2.05) is 36.4 Å². The second kappa shape index (κ2) is 8.01. The molecule has 0 aromatic heterocycles. The summed E-state index contributed by atoms with van der Waals surface area (Å²) in [6, 6.07) is 15.7. The molecule has 0 radical (unpaired) electrons. The van der Waals surface area contributed by atoms with E-state index >= 15 is 0 Å². The van der Waals surface area contributed by atoms with Crippen LogP contribution in [0.25, 0.3) is 0 Å². The molecule has 2 rings (SSSR count). The number of anilines is 3. The summed E-state index contributed by atoms with van der Waals surface area (Å²) in [5, 5.41) is 7.42. The molecule has 0 saturated carbocycles. The maximum atomic E-state index is 6.10. The molecule has 22 heavy (non-hydrogen) atoms. The summed E-state index contributed by atoms with van der Waals surface area (Å²) in [5.74, 6) is 0. The molecule has 0 heterocycles. The van der Waals surface area contributed by atoms with Gasteiger partial charge in [-0.1, -0.05) is 23.7 Å². The minimum absolute atomic E-state index is 0.517. The highest BCUT2D eigenvalue weighted by Gasteiger charge is 2.04. The molecule has 116 valence electrons. The zero-order valence-electron chi connectivity index (χ0n) is 12.8. The fourth-order valence-corrected chi connectivity index (χ4v) is 2.60. The number of nitrogens with one attached hydrogen (secondary N) is 2. The van der Waals surface area contributed by atoms with Gasteiger partial charge in [0, 0.05) is 24.5 Å². The molecule has 0 aliphatic rings. The highest BCUT2D eigenvalue weighted by atomic mass is 35.5. The van der Waals surface area contributed by atoms with Gasteiger partial charge in [-0.2, -0.15) is 0 Å². The second-order valence-corrected chi connectivity index (χ2v) is 5.59. The van der Waals surface area contributed by atoms with Gasteiger partial charge in [-0.25, -0.2) is 0 Å². The molecule has 0 spiro atoms. The number of halogens is 1. The third-order valence-corrected chi connectivity index (χ3v) is 3.91. The van der Waals surface area contributed by atoms with Gasteiger partial charge in [-0.3, -0.25) is 0 Å². The number of rotatable bonds is 5. The highest BCUT2D eigenvalue weighted by Crippen LogP contribution is 2.21. The van der Waals surface area contributed by atoms with E-state index in [0.717, 1.165) is 24.5 Å². The summed E-state index contributed by atoms with van der Waals surface area (Å²) in [6.07, 6.45) is 0. The van der Waals surface area contributed by atoms with Gasteiger partial charge in [0.05, 0.1) is 10.7 Å². The Balaban J connectivity index is 1.99. The van der Waals surface area contributed by atoms with E-state index in [2.05, 4.69) is 41.5 Å². The van der Waals surface area contributed by atoms with Gasteiger partial charge in [0.25, 0.3) is 0 Å². The van der Waals surface area contributed by atoms with E-state index in [0.29, 0.717) is 10.1 Å². The van der Waals surface area contributed by atoms with Crippen molar-refractivity contribution < 1.29 is 0 Å². The average Bonchev–Trinajstić information content (AvgIpc) is 2.52. The predicted molar refractivity (Wildman–Crippen MR) is 101 cm³/mol. The zero-order valence-corrected chi connectivity index (χ0v) is 14.3. The van der Waals surface area contributed by atoms with Gasteiger partial charge in [-0.05, 0) is 62.5 Å². The maximum absolute atomic E-state index is 6.10. The van der Waals surface area contributed by atoms with Gasteiger partial charge in [0.1, 0.15) is 0 Å². The first-order valence-corrected chi connectivity index (χ1v) is 8.10. The number of nitrogens with zero attached hydrogens (tertiary/aromatic N) is 1. The molecule has 2 aromatic carbocycles. The quantitative estimate of drug-likeness (QED) is 0.753. The summed E-state index contributed by atoms with van der Waals surface area (Å²) < 4.78 is 0. The second-order valence-electron chi connectivity index (χ2n) is 4.78. The van der Waals surface area contributed by atoms with Crippen LogP contribution in [0.3, 0.4) is 0 Å². The lowest BCUT2D eigenvalue weighted by molar-refractivity contribution is 0.866. The molecule has 2 aromatic rings. The van der Waals surface area contributed by atoms with Crippen molar-refractivity contribution in [3.8, 4) is 0 Å². The molecule has 0 aliphatic carbocycles. The van der Waals surface area contributed by atoms with E-state index in [4.69, 9.17) is 23.8 Å². The van der Waals surface area contributed by atoms with Crippen molar-refractivity contribution in [1.29, 1.82) is 0 Å². The SMILES string of the molecule is CCN(CC)c1ccc(NC(=S)Nc2ccccc2Cl)cc1. The minimum atomic E-state index is 0.517. The lowest BCUT2D eigenvalue weighted by atomic mass is 10.2. The molecule has 2 N–H and O–H groups in total. The average molecular weight is 334 g/mol. The largest absolute Gasteiger partial charge is 0.372 e. The molecule has 5 heteroatoms. The number of hydrogen-bond donors (Lipinski definition) is 2. The summed E-state index contributed by atoms with van der Waals surface area (Å²) in [5.41, 5.74) is 2.95. The predicted octanol–water partition coefficient (Wildman–Crippen LogP) is 5.00. The van der Waals surface area contributed by atoms with Crippen molar-refractivity contribution in [2.45, 2.75) is 13.8 Å². The molecule has 0 unspecified atom stereocenters.